The molecular weight excluding hydrogens is 248 g/mol. The average Bonchev–Trinajstić information content (AvgIpc) is 2.68. The van der Waals surface area contributed by atoms with Crippen LogP contribution < -0.4 is 5.73 Å². The van der Waals surface area contributed by atoms with Crippen molar-refractivity contribution in [3.8, 4) is 11.1 Å². The van der Waals surface area contributed by atoms with Crippen LogP contribution in [0.25, 0.3) is 11.1 Å². The summed E-state index contributed by atoms with van der Waals surface area (Å²) in [5.41, 5.74) is 10.4. The monoisotopic (exact) mass is 272 g/mol. The highest BCUT2D eigenvalue weighted by molar-refractivity contribution is 5.75. The Morgan fingerprint density at radius 2 is 1.75 bits per heavy atom. The van der Waals surface area contributed by atoms with Crippen LogP contribution in [0.3, 0.4) is 0 Å². The van der Waals surface area contributed by atoms with Crippen LogP contribution >= 0.6 is 0 Å². The molecule has 1 aromatic carbocycles. The van der Waals surface area contributed by atoms with E-state index >= 15 is 0 Å². The molecule has 2 aromatic rings. The molecule has 0 atom stereocenters. The zero-order valence-electron chi connectivity index (χ0n) is 13.0. The molecule has 0 bridgehead atoms. The Morgan fingerprint density at radius 1 is 1.15 bits per heavy atom. The summed E-state index contributed by atoms with van der Waals surface area (Å²) in [4.78, 5) is 0. The molecule has 3 nitrogen and oxygen atoms in total. The van der Waals surface area contributed by atoms with Crippen molar-refractivity contribution in [2.24, 2.45) is 5.41 Å². The standard InChI is InChI=1S/C17H24N2O/c1-11(2)12-6-8-13(9-7-12)15-14(10-17(3,4)5)19-20-16(15)18/h6-9,11H,10,18H2,1-5H3. The first-order valence-electron chi connectivity index (χ1n) is 7.12. The van der Waals surface area contributed by atoms with E-state index in [4.69, 9.17) is 10.3 Å². The third kappa shape index (κ3) is 3.21. The van der Waals surface area contributed by atoms with Crippen molar-refractivity contribution >= 4 is 5.88 Å². The number of nitrogen functional groups attached to an aromatic ring is 1. The molecule has 0 fully saturated rings. The molecule has 0 amide bonds. The Labute approximate surface area is 121 Å². The molecule has 2 rings (SSSR count). The van der Waals surface area contributed by atoms with Crippen molar-refractivity contribution in [1.82, 2.24) is 5.16 Å². The Balaban J connectivity index is 2.39. The van der Waals surface area contributed by atoms with E-state index < -0.39 is 0 Å². The summed E-state index contributed by atoms with van der Waals surface area (Å²) in [7, 11) is 0. The third-order valence-electron chi connectivity index (χ3n) is 3.35. The highest BCUT2D eigenvalue weighted by atomic mass is 16.5. The topological polar surface area (TPSA) is 52.0 Å². The van der Waals surface area contributed by atoms with Crippen LogP contribution in [-0.2, 0) is 6.42 Å². The predicted molar refractivity (Wildman–Crippen MR) is 83.6 cm³/mol. The van der Waals surface area contributed by atoms with Gasteiger partial charge in [0.1, 0.15) is 0 Å². The molecule has 0 saturated heterocycles. The highest BCUT2D eigenvalue weighted by Gasteiger charge is 2.21. The summed E-state index contributed by atoms with van der Waals surface area (Å²) in [5, 5.41) is 4.14. The summed E-state index contributed by atoms with van der Waals surface area (Å²) in [5.74, 6) is 0.930. The van der Waals surface area contributed by atoms with Gasteiger partial charge in [-0.25, -0.2) is 0 Å². The van der Waals surface area contributed by atoms with Crippen LogP contribution in [0.4, 0.5) is 5.88 Å². The largest absolute Gasteiger partial charge is 0.367 e. The first-order chi connectivity index (χ1) is 9.28. The van der Waals surface area contributed by atoms with E-state index in [1.165, 1.54) is 5.56 Å². The second kappa shape index (κ2) is 5.31. The van der Waals surface area contributed by atoms with Crippen molar-refractivity contribution in [2.75, 3.05) is 5.73 Å². The fourth-order valence-electron chi connectivity index (χ4n) is 2.30. The third-order valence-corrected chi connectivity index (χ3v) is 3.35. The smallest absolute Gasteiger partial charge is 0.230 e. The Morgan fingerprint density at radius 3 is 2.25 bits per heavy atom. The van der Waals surface area contributed by atoms with E-state index in [0.29, 0.717) is 11.8 Å². The lowest BCUT2D eigenvalue weighted by Gasteiger charge is -2.16. The van der Waals surface area contributed by atoms with E-state index in [0.717, 1.165) is 23.2 Å². The van der Waals surface area contributed by atoms with E-state index in [1.54, 1.807) is 0 Å². The number of aromatic nitrogens is 1. The Bertz CT molecular complexity index is 574. The van der Waals surface area contributed by atoms with Crippen LogP contribution in [0, 0.1) is 5.41 Å². The van der Waals surface area contributed by atoms with Gasteiger partial charge in [-0.05, 0) is 28.9 Å². The molecular formula is C17H24N2O. The van der Waals surface area contributed by atoms with Gasteiger partial charge in [0.15, 0.2) is 0 Å². The molecule has 0 spiro atoms. The number of hydrogen-bond acceptors (Lipinski definition) is 3. The van der Waals surface area contributed by atoms with Crippen molar-refractivity contribution < 1.29 is 4.52 Å². The predicted octanol–water partition coefficient (Wildman–Crippen LogP) is 4.64. The van der Waals surface area contributed by atoms with E-state index in [1.807, 2.05) is 0 Å². The molecule has 108 valence electrons. The van der Waals surface area contributed by atoms with Crippen molar-refractivity contribution in [2.45, 2.75) is 47.0 Å². The van der Waals surface area contributed by atoms with Gasteiger partial charge < -0.3 is 10.3 Å². The van der Waals surface area contributed by atoms with Crippen molar-refractivity contribution in [3.05, 3.63) is 35.5 Å². The fourth-order valence-corrected chi connectivity index (χ4v) is 2.30. The number of nitrogens with zero attached hydrogens (tertiary/aromatic N) is 1. The maximum Gasteiger partial charge on any atom is 0.230 e. The molecule has 0 aliphatic heterocycles. The molecule has 1 heterocycles. The maximum atomic E-state index is 5.96. The quantitative estimate of drug-likeness (QED) is 0.885. The molecule has 0 radical (unpaired) electrons. The minimum atomic E-state index is 0.149. The lowest BCUT2D eigenvalue weighted by molar-refractivity contribution is 0.377. The minimum Gasteiger partial charge on any atom is -0.367 e. The Kier molecular flexibility index (Phi) is 3.89. The number of nitrogens with two attached hydrogens (primary N) is 1. The molecule has 0 saturated carbocycles. The number of hydrogen-bond donors (Lipinski definition) is 1. The molecule has 0 aliphatic carbocycles. The van der Waals surface area contributed by atoms with Gasteiger partial charge in [-0.2, -0.15) is 0 Å². The average molecular weight is 272 g/mol. The van der Waals surface area contributed by atoms with Gasteiger partial charge in [0.2, 0.25) is 5.88 Å². The van der Waals surface area contributed by atoms with Gasteiger partial charge in [0.25, 0.3) is 0 Å². The van der Waals surface area contributed by atoms with Gasteiger partial charge in [-0.1, -0.05) is 64.0 Å². The van der Waals surface area contributed by atoms with Crippen LogP contribution in [-0.4, -0.2) is 5.16 Å². The highest BCUT2D eigenvalue weighted by Crippen LogP contribution is 2.34. The van der Waals surface area contributed by atoms with Crippen LogP contribution in [0.2, 0.25) is 0 Å². The lowest BCUT2D eigenvalue weighted by Crippen LogP contribution is -2.10. The second-order valence-electron chi connectivity index (χ2n) is 6.88. The number of benzene rings is 1. The molecule has 20 heavy (non-hydrogen) atoms. The normalized spacial score (nSPS) is 12.1. The number of anilines is 1. The maximum absolute atomic E-state index is 5.96. The van der Waals surface area contributed by atoms with Crippen LogP contribution in [0.15, 0.2) is 28.8 Å². The van der Waals surface area contributed by atoms with E-state index in [2.05, 4.69) is 64.0 Å². The molecule has 0 aliphatic rings. The van der Waals surface area contributed by atoms with E-state index in [-0.39, 0.29) is 5.41 Å². The van der Waals surface area contributed by atoms with E-state index in [9.17, 15) is 0 Å². The van der Waals surface area contributed by atoms with Gasteiger partial charge in [0, 0.05) is 0 Å². The summed E-state index contributed by atoms with van der Waals surface area (Å²) < 4.78 is 5.20. The van der Waals surface area contributed by atoms with Crippen molar-refractivity contribution in [1.29, 1.82) is 0 Å². The molecule has 2 N–H and O–H groups in total. The zero-order valence-corrected chi connectivity index (χ0v) is 13.0. The first-order valence-corrected chi connectivity index (χ1v) is 7.12. The Hall–Kier alpha value is -1.77. The lowest BCUT2D eigenvalue weighted by atomic mass is 9.88. The van der Waals surface area contributed by atoms with Crippen LogP contribution in [0.5, 0.6) is 0 Å². The summed E-state index contributed by atoms with van der Waals surface area (Å²) >= 11 is 0. The zero-order chi connectivity index (χ0) is 14.9. The minimum absolute atomic E-state index is 0.149. The second-order valence-corrected chi connectivity index (χ2v) is 6.88. The summed E-state index contributed by atoms with van der Waals surface area (Å²) in [6, 6.07) is 8.50. The molecule has 0 unspecified atom stereocenters. The van der Waals surface area contributed by atoms with Gasteiger partial charge in [-0.3, -0.25) is 0 Å². The van der Waals surface area contributed by atoms with Gasteiger partial charge >= 0.3 is 0 Å². The van der Waals surface area contributed by atoms with Gasteiger partial charge in [0.05, 0.1) is 11.3 Å². The van der Waals surface area contributed by atoms with Crippen molar-refractivity contribution in [3.63, 3.8) is 0 Å². The first kappa shape index (κ1) is 14.6. The summed E-state index contributed by atoms with van der Waals surface area (Å²) in [6.07, 6.45) is 0.842. The van der Waals surface area contributed by atoms with Gasteiger partial charge in [-0.15, -0.1) is 0 Å². The van der Waals surface area contributed by atoms with Crippen LogP contribution in [0.1, 0.15) is 51.8 Å². The fraction of sp³-hybridized carbons (Fsp3) is 0.471. The molecule has 1 aromatic heterocycles. The summed E-state index contributed by atoms with van der Waals surface area (Å²) in [6.45, 7) is 10.9. The SMILES string of the molecule is CC(C)c1ccc(-c2c(CC(C)(C)C)noc2N)cc1. The molecule has 3 heteroatoms. The number of rotatable bonds is 3.